The lowest BCUT2D eigenvalue weighted by molar-refractivity contribution is 0.972. The predicted octanol–water partition coefficient (Wildman–Crippen LogP) is 11.1. The monoisotopic (exact) mass is 637 g/mol. The highest BCUT2D eigenvalue weighted by atomic mass is 15.0. The summed E-state index contributed by atoms with van der Waals surface area (Å²) in [5, 5.41) is 34.0. The van der Waals surface area contributed by atoms with Crippen LogP contribution in [0.15, 0.2) is 145 Å². The van der Waals surface area contributed by atoms with Gasteiger partial charge in [0.25, 0.3) is 0 Å². The van der Waals surface area contributed by atoms with Crippen molar-refractivity contribution >= 4 is 49.3 Å². The number of rotatable bonds is 4. The second kappa shape index (κ2) is 11.5. The summed E-state index contributed by atoms with van der Waals surface area (Å²) in [6, 6.07) is 50.5. The van der Waals surface area contributed by atoms with E-state index in [1.165, 1.54) is 0 Å². The molecule has 1 aliphatic carbocycles. The first-order chi connectivity index (χ1) is 24.7. The number of para-hydroxylation sites is 3. The number of benzene rings is 6. The van der Waals surface area contributed by atoms with Gasteiger partial charge in [0.2, 0.25) is 0 Å². The van der Waals surface area contributed by atoms with Crippen molar-refractivity contribution in [3.8, 4) is 46.1 Å². The van der Waals surface area contributed by atoms with Gasteiger partial charge in [0.05, 0.1) is 51.0 Å². The smallest absolute Gasteiger partial charge is 0.101 e. The molecule has 5 nitrogen and oxygen atoms in total. The summed E-state index contributed by atoms with van der Waals surface area (Å²) in [5.74, 6) is 0. The summed E-state index contributed by atoms with van der Waals surface area (Å²) < 4.78 is 4.50. The van der Waals surface area contributed by atoms with E-state index in [1.807, 2.05) is 60.7 Å². The summed E-state index contributed by atoms with van der Waals surface area (Å²) in [5.41, 5.74) is 12.2. The van der Waals surface area contributed by atoms with E-state index in [4.69, 9.17) is 0 Å². The van der Waals surface area contributed by atoms with Crippen LogP contribution in [0.5, 0.6) is 0 Å². The molecule has 2 heterocycles. The number of fused-ring (bicyclic) bond motifs is 6. The van der Waals surface area contributed by atoms with Crippen LogP contribution in [0.4, 0.5) is 0 Å². The number of allylic oxidation sites excluding steroid dienone is 4. The molecule has 8 aromatic rings. The van der Waals surface area contributed by atoms with Crippen molar-refractivity contribution in [1.29, 1.82) is 15.8 Å². The van der Waals surface area contributed by atoms with E-state index in [0.717, 1.165) is 90.1 Å². The van der Waals surface area contributed by atoms with E-state index in [1.54, 1.807) is 0 Å². The third kappa shape index (κ3) is 4.37. The molecule has 9 rings (SSSR count). The van der Waals surface area contributed by atoms with Gasteiger partial charge < -0.3 is 9.13 Å². The van der Waals surface area contributed by atoms with Crippen LogP contribution in [0.3, 0.4) is 0 Å². The van der Waals surface area contributed by atoms with Crippen LogP contribution in [0.2, 0.25) is 0 Å². The van der Waals surface area contributed by atoms with Crippen molar-refractivity contribution in [2.24, 2.45) is 0 Å². The van der Waals surface area contributed by atoms with E-state index in [0.29, 0.717) is 16.7 Å². The van der Waals surface area contributed by atoms with Crippen LogP contribution in [0.25, 0.3) is 77.2 Å². The van der Waals surface area contributed by atoms with E-state index >= 15 is 0 Å². The lowest BCUT2D eigenvalue weighted by atomic mass is 9.92. The van der Waals surface area contributed by atoms with Gasteiger partial charge in [-0.1, -0.05) is 91.0 Å². The van der Waals surface area contributed by atoms with E-state index < -0.39 is 0 Å². The summed E-state index contributed by atoms with van der Waals surface area (Å²) >= 11 is 0. The van der Waals surface area contributed by atoms with Crippen LogP contribution in [-0.2, 0) is 0 Å². The first-order valence-electron chi connectivity index (χ1n) is 16.6. The van der Waals surface area contributed by atoms with Crippen molar-refractivity contribution in [3.63, 3.8) is 0 Å². The van der Waals surface area contributed by atoms with Crippen molar-refractivity contribution in [3.05, 3.63) is 156 Å². The Balaban J connectivity index is 1.33. The van der Waals surface area contributed by atoms with Crippen LogP contribution in [-0.4, -0.2) is 9.13 Å². The molecule has 0 aliphatic heterocycles. The standard InChI is InChI=1S/C45H27N5/c46-26-29-9-7-11-33(23-29)49-43-22-19-30(27-47)24-40(43)39-16-8-15-38(45(39)49)35-13-3-2-12-34(35)31-20-21-37-36-14-4-6-18-42(36)50(44(37)25-31)41-17-5-1-10-32(41)28-48/h1-6,8-10,12-25H,7,11H2. The van der Waals surface area contributed by atoms with Gasteiger partial charge >= 0.3 is 0 Å². The highest BCUT2D eigenvalue weighted by Gasteiger charge is 2.22. The van der Waals surface area contributed by atoms with Crippen LogP contribution < -0.4 is 0 Å². The normalized spacial score (nSPS) is 12.8. The summed E-state index contributed by atoms with van der Waals surface area (Å²) in [7, 11) is 0. The molecular weight excluding hydrogens is 611 g/mol. The molecule has 0 amide bonds. The molecule has 1 aliphatic rings. The molecule has 0 bridgehead atoms. The third-order valence-electron chi connectivity index (χ3n) is 9.89. The van der Waals surface area contributed by atoms with Gasteiger partial charge in [0.1, 0.15) is 6.07 Å². The maximum Gasteiger partial charge on any atom is 0.101 e. The molecule has 0 unspecified atom stereocenters. The molecule has 6 aromatic carbocycles. The molecule has 0 N–H and O–H groups in total. The fourth-order valence-corrected chi connectivity index (χ4v) is 7.73. The Morgan fingerprint density at radius 3 is 2.12 bits per heavy atom. The van der Waals surface area contributed by atoms with Crippen LogP contribution in [0, 0.1) is 34.0 Å². The highest BCUT2D eigenvalue weighted by Crippen LogP contribution is 2.44. The molecule has 5 heteroatoms. The molecule has 0 saturated heterocycles. The van der Waals surface area contributed by atoms with Gasteiger partial charge in [0, 0.05) is 38.4 Å². The molecule has 0 spiro atoms. The summed E-state index contributed by atoms with van der Waals surface area (Å²) in [4.78, 5) is 0. The summed E-state index contributed by atoms with van der Waals surface area (Å²) in [6.45, 7) is 0. The fourth-order valence-electron chi connectivity index (χ4n) is 7.73. The molecule has 0 radical (unpaired) electrons. The predicted molar refractivity (Wildman–Crippen MR) is 201 cm³/mol. The van der Waals surface area contributed by atoms with Gasteiger partial charge in [-0.15, -0.1) is 0 Å². The minimum Gasteiger partial charge on any atom is -0.312 e. The Morgan fingerprint density at radius 1 is 0.520 bits per heavy atom. The lowest BCUT2D eigenvalue weighted by Crippen LogP contribution is -2.02. The van der Waals surface area contributed by atoms with Crippen molar-refractivity contribution in [2.45, 2.75) is 12.8 Å². The van der Waals surface area contributed by atoms with Gasteiger partial charge in [0.15, 0.2) is 0 Å². The minimum absolute atomic E-state index is 0.610. The number of hydrogen-bond acceptors (Lipinski definition) is 3. The number of hydrogen-bond donors (Lipinski definition) is 0. The molecular formula is C45H27N5. The first-order valence-corrected chi connectivity index (χ1v) is 16.6. The third-order valence-corrected chi connectivity index (χ3v) is 9.89. The van der Waals surface area contributed by atoms with E-state index in [9.17, 15) is 15.8 Å². The average molecular weight is 638 g/mol. The number of nitriles is 3. The quantitative estimate of drug-likeness (QED) is 0.192. The van der Waals surface area contributed by atoms with Crippen molar-refractivity contribution < 1.29 is 0 Å². The number of aromatic nitrogens is 2. The maximum absolute atomic E-state index is 10.1. The molecule has 0 fully saturated rings. The van der Waals surface area contributed by atoms with Crippen LogP contribution >= 0.6 is 0 Å². The van der Waals surface area contributed by atoms with Gasteiger partial charge in [-0.3, -0.25) is 0 Å². The zero-order chi connectivity index (χ0) is 33.8. The first kappa shape index (κ1) is 29.0. The zero-order valence-electron chi connectivity index (χ0n) is 26.9. The Kier molecular flexibility index (Phi) is 6.70. The molecule has 0 saturated carbocycles. The molecule has 232 valence electrons. The zero-order valence-corrected chi connectivity index (χ0v) is 26.9. The van der Waals surface area contributed by atoms with E-state index in [-0.39, 0.29) is 0 Å². The van der Waals surface area contributed by atoms with Crippen molar-refractivity contribution in [2.75, 3.05) is 0 Å². The van der Waals surface area contributed by atoms with Crippen molar-refractivity contribution in [1.82, 2.24) is 9.13 Å². The number of nitrogens with zero attached hydrogens (tertiary/aromatic N) is 5. The Labute approximate surface area is 288 Å². The fraction of sp³-hybridized carbons (Fsp3) is 0.0444. The largest absolute Gasteiger partial charge is 0.312 e. The van der Waals surface area contributed by atoms with Gasteiger partial charge in [-0.2, -0.15) is 15.8 Å². The molecule has 0 atom stereocenters. The summed E-state index contributed by atoms with van der Waals surface area (Å²) in [6.07, 6.45) is 5.57. The van der Waals surface area contributed by atoms with Crippen LogP contribution in [0.1, 0.15) is 24.0 Å². The Bertz CT molecular complexity index is 2910. The minimum atomic E-state index is 0.610. The maximum atomic E-state index is 10.1. The molecule has 50 heavy (non-hydrogen) atoms. The van der Waals surface area contributed by atoms with Gasteiger partial charge in [-0.05, 0) is 78.1 Å². The highest BCUT2D eigenvalue weighted by molar-refractivity contribution is 6.16. The Morgan fingerprint density at radius 2 is 1.26 bits per heavy atom. The molecule has 2 aromatic heterocycles. The Hall–Kier alpha value is -7.13. The van der Waals surface area contributed by atoms with Gasteiger partial charge in [-0.25, -0.2) is 0 Å². The second-order valence-corrected chi connectivity index (χ2v) is 12.6. The average Bonchev–Trinajstić information content (AvgIpc) is 3.70. The van der Waals surface area contributed by atoms with E-state index in [2.05, 4.69) is 106 Å². The topological polar surface area (TPSA) is 81.2 Å². The lowest BCUT2D eigenvalue weighted by Gasteiger charge is -2.18. The second-order valence-electron chi connectivity index (χ2n) is 12.6. The SMILES string of the molecule is N#CC1=CCCC(n2c3ccc(C#N)cc3c3cccc(-c4ccccc4-c4ccc5c6ccccc6n(-c6ccccc6C#N)c5c4)c32)=C1.